The molecule has 0 spiro atoms. The first-order valence-electron chi connectivity index (χ1n) is 6.67. The number of H-pyrrole nitrogens is 1. The van der Waals surface area contributed by atoms with Crippen LogP contribution in [0.5, 0.6) is 0 Å². The molecule has 1 amide bonds. The van der Waals surface area contributed by atoms with Gasteiger partial charge in [-0.25, -0.2) is 0 Å². The molecule has 106 valence electrons. The molecule has 0 aliphatic carbocycles. The van der Waals surface area contributed by atoms with Crippen LogP contribution in [-0.4, -0.2) is 21.1 Å². The summed E-state index contributed by atoms with van der Waals surface area (Å²) in [5.41, 5.74) is 8.43. The quantitative estimate of drug-likeness (QED) is 0.774. The zero-order chi connectivity index (χ0) is 14.5. The smallest absolute Gasteiger partial charge is 0.274 e. The molecule has 2 rings (SSSR count). The van der Waals surface area contributed by atoms with Gasteiger partial charge in [0.05, 0.1) is 17.4 Å². The Balaban J connectivity index is 2.09. The van der Waals surface area contributed by atoms with Crippen molar-refractivity contribution >= 4 is 11.6 Å². The number of amides is 1. The third-order valence-electron chi connectivity index (χ3n) is 3.15. The Morgan fingerprint density at radius 3 is 2.80 bits per heavy atom. The van der Waals surface area contributed by atoms with E-state index in [-0.39, 0.29) is 17.6 Å². The van der Waals surface area contributed by atoms with Crippen molar-refractivity contribution in [2.75, 3.05) is 5.73 Å². The first-order valence-corrected chi connectivity index (χ1v) is 6.67. The molecule has 0 radical (unpaired) electrons. The lowest BCUT2D eigenvalue weighted by atomic mass is 10.1. The summed E-state index contributed by atoms with van der Waals surface area (Å²) in [7, 11) is 0. The third-order valence-corrected chi connectivity index (χ3v) is 3.15. The molecule has 6 nitrogen and oxygen atoms in total. The van der Waals surface area contributed by atoms with Gasteiger partial charge in [-0.1, -0.05) is 13.3 Å². The second kappa shape index (κ2) is 6.18. The van der Waals surface area contributed by atoms with Crippen LogP contribution in [0.2, 0.25) is 0 Å². The van der Waals surface area contributed by atoms with E-state index >= 15 is 0 Å². The van der Waals surface area contributed by atoms with Crippen molar-refractivity contribution in [3.05, 3.63) is 41.5 Å². The first kappa shape index (κ1) is 14.0. The summed E-state index contributed by atoms with van der Waals surface area (Å²) in [5.74, 6) is -0.273. The number of aromatic amines is 1. The van der Waals surface area contributed by atoms with Gasteiger partial charge in [0, 0.05) is 12.4 Å². The summed E-state index contributed by atoms with van der Waals surface area (Å²) in [6, 6.07) is 3.60. The van der Waals surface area contributed by atoms with Crippen molar-refractivity contribution < 1.29 is 4.79 Å². The van der Waals surface area contributed by atoms with E-state index in [1.54, 1.807) is 12.4 Å². The van der Waals surface area contributed by atoms with Gasteiger partial charge in [-0.3, -0.25) is 14.9 Å². The molecule has 0 saturated carbocycles. The van der Waals surface area contributed by atoms with Crippen LogP contribution in [0.4, 0.5) is 5.69 Å². The maximum Gasteiger partial charge on any atom is 0.274 e. The van der Waals surface area contributed by atoms with Gasteiger partial charge in [0.1, 0.15) is 0 Å². The minimum Gasteiger partial charge on any atom is -0.395 e. The van der Waals surface area contributed by atoms with Crippen molar-refractivity contribution in [2.24, 2.45) is 0 Å². The second-order valence-electron chi connectivity index (χ2n) is 4.69. The Labute approximate surface area is 117 Å². The monoisotopic (exact) mass is 273 g/mol. The van der Waals surface area contributed by atoms with Crippen molar-refractivity contribution in [3.8, 4) is 0 Å². The molecule has 6 heteroatoms. The van der Waals surface area contributed by atoms with Gasteiger partial charge >= 0.3 is 0 Å². The Morgan fingerprint density at radius 2 is 2.15 bits per heavy atom. The molecule has 2 heterocycles. The Hall–Kier alpha value is -2.37. The average molecular weight is 273 g/mol. The number of aryl methyl sites for hydroxylation is 1. The Kier molecular flexibility index (Phi) is 4.34. The number of aromatic nitrogens is 3. The van der Waals surface area contributed by atoms with Crippen molar-refractivity contribution in [1.29, 1.82) is 0 Å². The number of nitrogens with one attached hydrogen (secondary N) is 2. The summed E-state index contributed by atoms with van der Waals surface area (Å²) in [5, 5.41) is 9.71. The van der Waals surface area contributed by atoms with E-state index in [0.29, 0.717) is 5.69 Å². The minimum atomic E-state index is -0.273. The maximum absolute atomic E-state index is 12.2. The van der Waals surface area contributed by atoms with Crippen molar-refractivity contribution in [1.82, 2.24) is 20.5 Å². The fraction of sp³-hybridized carbons (Fsp3) is 0.357. The molecule has 0 fully saturated rings. The molecule has 0 saturated heterocycles. The highest BCUT2D eigenvalue weighted by atomic mass is 16.2. The zero-order valence-electron chi connectivity index (χ0n) is 11.7. The predicted molar refractivity (Wildman–Crippen MR) is 77.1 cm³/mol. The number of nitrogens with two attached hydrogens (primary N) is 1. The molecule has 1 atom stereocenters. The van der Waals surface area contributed by atoms with E-state index in [4.69, 9.17) is 5.73 Å². The predicted octanol–water partition coefficient (Wildman–Crippen LogP) is 1.83. The summed E-state index contributed by atoms with van der Waals surface area (Å²) >= 11 is 0. The molecule has 2 aromatic heterocycles. The van der Waals surface area contributed by atoms with E-state index < -0.39 is 0 Å². The molecular weight excluding hydrogens is 254 g/mol. The largest absolute Gasteiger partial charge is 0.395 e. The summed E-state index contributed by atoms with van der Waals surface area (Å²) < 4.78 is 0. The van der Waals surface area contributed by atoms with Crippen LogP contribution < -0.4 is 11.1 Å². The SMILES string of the molecule is CCCc1[nH]nc(C(=O)NC(C)c2ccncc2)c1N. The van der Waals surface area contributed by atoms with Crippen LogP contribution in [0.1, 0.15) is 48.1 Å². The zero-order valence-corrected chi connectivity index (χ0v) is 11.7. The number of carbonyl (C=O) groups excluding carboxylic acids is 1. The number of anilines is 1. The minimum absolute atomic E-state index is 0.128. The summed E-state index contributed by atoms with van der Waals surface area (Å²) in [6.45, 7) is 3.95. The van der Waals surface area contributed by atoms with E-state index in [2.05, 4.69) is 20.5 Å². The second-order valence-corrected chi connectivity index (χ2v) is 4.69. The van der Waals surface area contributed by atoms with Crippen LogP contribution in [0.15, 0.2) is 24.5 Å². The summed E-state index contributed by atoms with van der Waals surface area (Å²) in [6.07, 6.45) is 5.12. The van der Waals surface area contributed by atoms with Crippen LogP contribution >= 0.6 is 0 Å². The number of hydrogen-bond acceptors (Lipinski definition) is 4. The van der Waals surface area contributed by atoms with Gasteiger partial charge in [-0.15, -0.1) is 0 Å². The molecule has 20 heavy (non-hydrogen) atoms. The number of hydrogen-bond donors (Lipinski definition) is 3. The van der Waals surface area contributed by atoms with Gasteiger partial charge in [0.2, 0.25) is 0 Å². The number of rotatable bonds is 5. The lowest BCUT2D eigenvalue weighted by Gasteiger charge is -2.13. The van der Waals surface area contributed by atoms with Crippen LogP contribution in [0.25, 0.3) is 0 Å². The molecule has 0 aromatic carbocycles. The van der Waals surface area contributed by atoms with Crippen LogP contribution in [0, 0.1) is 0 Å². The fourth-order valence-corrected chi connectivity index (χ4v) is 2.00. The van der Waals surface area contributed by atoms with Gasteiger partial charge in [-0.05, 0) is 31.0 Å². The topological polar surface area (TPSA) is 96.7 Å². The van der Waals surface area contributed by atoms with Gasteiger partial charge in [-0.2, -0.15) is 5.10 Å². The average Bonchev–Trinajstić information content (AvgIpc) is 2.82. The van der Waals surface area contributed by atoms with Gasteiger partial charge in [0.15, 0.2) is 5.69 Å². The standard InChI is InChI=1S/C14H19N5O/c1-3-4-11-12(15)13(19-18-11)14(20)17-9(2)10-5-7-16-8-6-10/h5-9H,3-4,15H2,1-2H3,(H,17,20)(H,18,19). The lowest BCUT2D eigenvalue weighted by molar-refractivity contribution is 0.0935. The molecule has 0 bridgehead atoms. The van der Waals surface area contributed by atoms with E-state index in [1.807, 2.05) is 26.0 Å². The Bertz CT molecular complexity index is 579. The molecule has 1 unspecified atom stereocenters. The van der Waals surface area contributed by atoms with Crippen LogP contribution in [0.3, 0.4) is 0 Å². The lowest BCUT2D eigenvalue weighted by Crippen LogP contribution is -2.27. The first-order chi connectivity index (χ1) is 9.63. The van der Waals surface area contributed by atoms with Crippen molar-refractivity contribution in [3.63, 3.8) is 0 Å². The fourth-order valence-electron chi connectivity index (χ4n) is 2.00. The highest BCUT2D eigenvalue weighted by Gasteiger charge is 2.18. The van der Waals surface area contributed by atoms with E-state index in [1.165, 1.54) is 0 Å². The van der Waals surface area contributed by atoms with E-state index in [9.17, 15) is 4.79 Å². The number of nitrogens with zero attached hydrogens (tertiary/aromatic N) is 2. The third kappa shape index (κ3) is 2.96. The number of nitrogen functional groups attached to an aromatic ring is 1. The van der Waals surface area contributed by atoms with Crippen LogP contribution in [-0.2, 0) is 6.42 Å². The van der Waals surface area contributed by atoms with E-state index in [0.717, 1.165) is 24.1 Å². The van der Waals surface area contributed by atoms with Crippen molar-refractivity contribution in [2.45, 2.75) is 32.7 Å². The van der Waals surface area contributed by atoms with Gasteiger partial charge < -0.3 is 11.1 Å². The highest BCUT2D eigenvalue weighted by Crippen LogP contribution is 2.17. The van der Waals surface area contributed by atoms with Gasteiger partial charge in [0.25, 0.3) is 5.91 Å². The Morgan fingerprint density at radius 1 is 1.45 bits per heavy atom. The number of pyridine rings is 1. The molecule has 4 N–H and O–H groups in total. The summed E-state index contributed by atoms with van der Waals surface area (Å²) in [4.78, 5) is 16.1. The molecule has 2 aromatic rings. The molecule has 0 aliphatic heterocycles. The highest BCUT2D eigenvalue weighted by molar-refractivity contribution is 5.97. The number of carbonyl (C=O) groups is 1. The molecule has 0 aliphatic rings. The molecular formula is C14H19N5O. The maximum atomic E-state index is 12.2. The normalized spacial score (nSPS) is 12.1.